The van der Waals surface area contributed by atoms with Crippen molar-refractivity contribution in [2.24, 2.45) is 7.05 Å². The van der Waals surface area contributed by atoms with E-state index in [1.54, 1.807) is 0 Å². The van der Waals surface area contributed by atoms with Gasteiger partial charge in [-0.15, -0.1) is 0 Å². The normalized spacial score (nSPS) is 11.6. The Bertz CT molecular complexity index is 504. The fraction of sp³-hybridized carbons (Fsp3) is 0.429. The van der Waals surface area contributed by atoms with E-state index in [0.717, 1.165) is 0 Å². The summed E-state index contributed by atoms with van der Waals surface area (Å²) in [5.74, 6) is 0.591. The Morgan fingerprint density at radius 3 is 2.40 bits per heavy atom. The first kappa shape index (κ1) is 10.3. The summed E-state index contributed by atoms with van der Waals surface area (Å²) < 4.78 is 2.23. The van der Waals surface area contributed by atoms with Crippen LogP contribution in [0.1, 0.15) is 36.5 Å². The molecule has 0 fully saturated rings. The molecule has 0 saturated heterocycles. The molecule has 0 aliphatic rings. The molecule has 0 spiro atoms. The maximum absolute atomic E-state index is 2.32. The Morgan fingerprint density at radius 1 is 1.13 bits per heavy atom. The molecule has 0 N–H and O–H groups in total. The van der Waals surface area contributed by atoms with E-state index in [1.165, 1.54) is 27.6 Å². The molecule has 1 aromatic carbocycles. The molecule has 1 nitrogen and oxygen atoms in total. The van der Waals surface area contributed by atoms with Crippen LogP contribution in [-0.2, 0) is 7.05 Å². The first-order valence-corrected chi connectivity index (χ1v) is 5.57. The molecule has 0 aliphatic heterocycles. The van der Waals surface area contributed by atoms with Crippen LogP contribution in [0.3, 0.4) is 0 Å². The summed E-state index contributed by atoms with van der Waals surface area (Å²) in [6.07, 6.45) is 2.22. The minimum absolute atomic E-state index is 0.591. The van der Waals surface area contributed by atoms with E-state index in [1.807, 2.05) is 0 Å². The Kier molecular flexibility index (Phi) is 2.34. The Hall–Kier alpha value is -1.24. The zero-order valence-corrected chi connectivity index (χ0v) is 10.3. The van der Waals surface area contributed by atoms with Crippen molar-refractivity contribution in [1.82, 2.24) is 4.57 Å². The van der Waals surface area contributed by atoms with E-state index < -0.39 is 0 Å². The van der Waals surface area contributed by atoms with E-state index in [-0.39, 0.29) is 0 Å². The van der Waals surface area contributed by atoms with Crippen LogP contribution < -0.4 is 0 Å². The maximum Gasteiger partial charge on any atom is 0.0485 e. The van der Waals surface area contributed by atoms with Crippen LogP contribution in [0.25, 0.3) is 10.9 Å². The predicted molar refractivity (Wildman–Crippen MR) is 66.5 cm³/mol. The lowest BCUT2D eigenvalue weighted by molar-refractivity contribution is 0.873. The zero-order valence-electron chi connectivity index (χ0n) is 10.3. The van der Waals surface area contributed by atoms with E-state index in [0.29, 0.717) is 5.92 Å². The average molecular weight is 201 g/mol. The molecule has 0 radical (unpaired) electrons. The Balaban J connectivity index is 2.89. The molecule has 1 aromatic heterocycles. The van der Waals surface area contributed by atoms with Crippen molar-refractivity contribution in [2.75, 3.05) is 0 Å². The number of aromatic nitrogens is 1. The van der Waals surface area contributed by atoms with Crippen molar-refractivity contribution in [3.63, 3.8) is 0 Å². The van der Waals surface area contributed by atoms with Crippen LogP contribution in [0.15, 0.2) is 18.3 Å². The molecular formula is C14H19N. The Morgan fingerprint density at radius 2 is 1.80 bits per heavy atom. The summed E-state index contributed by atoms with van der Waals surface area (Å²) in [5.41, 5.74) is 5.57. The van der Waals surface area contributed by atoms with Gasteiger partial charge < -0.3 is 4.57 Å². The molecule has 0 atom stereocenters. The summed E-state index contributed by atoms with van der Waals surface area (Å²) >= 11 is 0. The lowest BCUT2D eigenvalue weighted by Gasteiger charge is -2.10. The molecule has 0 bridgehead atoms. The summed E-state index contributed by atoms with van der Waals surface area (Å²) in [5, 5.41) is 1.44. The third-order valence-corrected chi connectivity index (χ3v) is 3.08. The number of rotatable bonds is 1. The molecule has 2 rings (SSSR count). The zero-order chi connectivity index (χ0) is 11.2. The second-order valence-electron chi connectivity index (χ2n) is 4.83. The molecule has 1 heteroatoms. The third-order valence-electron chi connectivity index (χ3n) is 3.08. The molecule has 0 amide bonds. The average Bonchev–Trinajstić information content (AvgIpc) is 2.41. The molecule has 0 saturated carbocycles. The minimum Gasteiger partial charge on any atom is -0.350 e. The van der Waals surface area contributed by atoms with Gasteiger partial charge in [0, 0.05) is 24.1 Å². The largest absolute Gasteiger partial charge is 0.350 e. The van der Waals surface area contributed by atoms with Gasteiger partial charge in [-0.25, -0.2) is 0 Å². The number of hydrogen-bond acceptors (Lipinski definition) is 0. The lowest BCUT2D eigenvalue weighted by Crippen LogP contribution is -1.92. The number of fused-ring (bicyclic) bond motifs is 1. The second-order valence-corrected chi connectivity index (χ2v) is 4.83. The van der Waals surface area contributed by atoms with Gasteiger partial charge in [-0.3, -0.25) is 0 Å². The molecule has 1 heterocycles. The highest BCUT2D eigenvalue weighted by molar-refractivity contribution is 5.88. The summed E-state index contributed by atoms with van der Waals surface area (Å²) in [6, 6.07) is 4.59. The minimum atomic E-state index is 0.591. The van der Waals surface area contributed by atoms with E-state index in [9.17, 15) is 0 Å². The van der Waals surface area contributed by atoms with Gasteiger partial charge in [0.2, 0.25) is 0 Å². The van der Waals surface area contributed by atoms with Gasteiger partial charge in [0.1, 0.15) is 0 Å². The maximum atomic E-state index is 2.32. The van der Waals surface area contributed by atoms with Crippen molar-refractivity contribution in [1.29, 1.82) is 0 Å². The first-order chi connectivity index (χ1) is 7.00. The van der Waals surface area contributed by atoms with E-state index in [4.69, 9.17) is 0 Å². The topological polar surface area (TPSA) is 4.93 Å². The van der Waals surface area contributed by atoms with Crippen LogP contribution >= 0.6 is 0 Å². The van der Waals surface area contributed by atoms with Gasteiger partial charge in [0.15, 0.2) is 0 Å². The fourth-order valence-electron chi connectivity index (χ4n) is 2.38. The second kappa shape index (κ2) is 3.41. The first-order valence-electron chi connectivity index (χ1n) is 5.57. The number of benzene rings is 1. The van der Waals surface area contributed by atoms with Gasteiger partial charge in [-0.05, 0) is 42.5 Å². The van der Waals surface area contributed by atoms with Gasteiger partial charge in [0.25, 0.3) is 0 Å². The Labute approximate surface area is 91.7 Å². The van der Waals surface area contributed by atoms with Crippen molar-refractivity contribution < 1.29 is 0 Å². The lowest BCUT2D eigenvalue weighted by atomic mass is 9.95. The van der Waals surface area contributed by atoms with Crippen molar-refractivity contribution in [3.8, 4) is 0 Å². The van der Waals surface area contributed by atoms with E-state index in [2.05, 4.69) is 57.6 Å². The van der Waals surface area contributed by atoms with Crippen LogP contribution in [0.5, 0.6) is 0 Å². The van der Waals surface area contributed by atoms with Crippen LogP contribution in [0.4, 0.5) is 0 Å². The predicted octanol–water partition coefficient (Wildman–Crippen LogP) is 3.92. The molecule has 2 aromatic rings. The number of nitrogens with zero attached hydrogens (tertiary/aromatic N) is 1. The monoisotopic (exact) mass is 201 g/mol. The molecular weight excluding hydrogens is 182 g/mol. The van der Waals surface area contributed by atoms with Gasteiger partial charge in [0.05, 0.1) is 0 Å². The SMILES string of the molecule is Cc1cc(C(C)C)c2c(C)cn(C)c2c1. The van der Waals surface area contributed by atoms with Crippen LogP contribution in [-0.4, -0.2) is 4.57 Å². The van der Waals surface area contributed by atoms with Crippen molar-refractivity contribution >= 4 is 10.9 Å². The highest BCUT2D eigenvalue weighted by Crippen LogP contribution is 2.30. The highest BCUT2D eigenvalue weighted by atomic mass is 14.9. The molecule has 0 aliphatic carbocycles. The number of aryl methyl sites for hydroxylation is 3. The van der Waals surface area contributed by atoms with Crippen LogP contribution in [0.2, 0.25) is 0 Å². The van der Waals surface area contributed by atoms with E-state index >= 15 is 0 Å². The van der Waals surface area contributed by atoms with Crippen LogP contribution in [0, 0.1) is 13.8 Å². The fourth-order valence-corrected chi connectivity index (χ4v) is 2.38. The van der Waals surface area contributed by atoms with Gasteiger partial charge in [-0.1, -0.05) is 19.9 Å². The van der Waals surface area contributed by atoms with Gasteiger partial charge >= 0.3 is 0 Å². The summed E-state index contributed by atoms with van der Waals surface area (Å²) in [4.78, 5) is 0. The quantitative estimate of drug-likeness (QED) is 0.659. The highest BCUT2D eigenvalue weighted by Gasteiger charge is 2.11. The molecule has 15 heavy (non-hydrogen) atoms. The number of hydrogen-bond donors (Lipinski definition) is 0. The molecule has 0 unspecified atom stereocenters. The standard InChI is InChI=1S/C14H19N/c1-9(2)12-6-10(3)7-13-14(12)11(4)8-15(13)5/h6-9H,1-5H3. The third kappa shape index (κ3) is 1.56. The molecule has 80 valence electrons. The van der Waals surface area contributed by atoms with Crippen molar-refractivity contribution in [3.05, 3.63) is 35.0 Å². The summed E-state index contributed by atoms with van der Waals surface area (Å²) in [7, 11) is 2.12. The van der Waals surface area contributed by atoms with Gasteiger partial charge in [-0.2, -0.15) is 0 Å². The van der Waals surface area contributed by atoms with Crippen molar-refractivity contribution in [2.45, 2.75) is 33.6 Å². The smallest absolute Gasteiger partial charge is 0.0485 e. The summed E-state index contributed by atoms with van der Waals surface area (Å²) in [6.45, 7) is 8.90.